The van der Waals surface area contributed by atoms with Crippen molar-refractivity contribution in [2.45, 2.75) is 39.3 Å². The standard InChI is InChI=1S/C17H23N3O3/c1-11(2)20-15(21)13-9-7-6-8-12(13)14(18-20)16(22)19(5)10-17(3,4)23/h6-9,11,23H,10H2,1-5H3. The molecule has 1 N–H and O–H groups in total. The number of fused-ring (bicyclic) bond motifs is 1. The van der Waals surface area contributed by atoms with E-state index in [2.05, 4.69) is 5.10 Å². The smallest absolute Gasteiger partial charge is 0.274 e. The minimum absolute atomic E-state index is 0.154. The summed E-state index contributed by atoms with van der Waals surface area (Å²) >= 11 is 0. The molecule has 1 aromatic heterocycles. The van der Waals surface area contributed by atoms with E-state index in [0.717, 1.165) is 0 Å². The quantitative estimate of drug-likeness (QED) is 0.933. The Bertz CT molecular complexity index is 788. The first-order chi connectivity index (χ1) is 10.6. The van der Waals surface area contributed by atoms with Crippen LogP contribution in [0.4, 0.5) is 0 Å². The number of benzene rings is 1. The average molecular weight is 317 g/mol. The van der Waals surface area contributed by atoms with Crippen LogP contribution in [0.5, 0.6) is 0 Å². The van der Waals surface area contributed by atoms with E-state index in [1.54, 1.807) is 45.2 Å². The average Bonchev–Trinajstić information content (AvgIpc) is 2.45. The van der Waals surface area contributed by atoms with Gasteiger partial charge in [-0.15, -0.1) is 0 Å². The Labute approximate surface area is 135 Å². The number of aliphatic hydroxyl groups is 1. The van der Waals surface area contributed by atoms with E-state index in [-0.39, 0.29) is 29.7 Å². The van der Waals surface area contributed by atoms with Gasteiger partial charge < -0.3 is 10.0 Å². The molecule has 0 unspecified atom stereocenters. The van der Waals surface area contributed by atoms with Gasteiger partial charge in [0.15, 0.2) is 5.69 Å². The maximum atomic E-state index is 12.8. The van der Waals surface area contributed by atoms with Crippen molar-refractivity contribution in [3.63, 3.8) is 0 Å². The van der Waals surface area contributed by atoms with Gasteiger partial charge in [0, 0.05) is 19.0 Å². The van der Waals surface area contributed by atoms with Crippen LogP contribution in [0.15, 0.2) is 29.1 Å². The van der Waals surface area contributed by atoms with Crippen molar-refractivity contribution in [3.8, 4) is 0 Å². The fourth-order valence-electron chi connectivity index (χ4n) is 2.55. The van der Waals surface area contributed by atoms with Gasteiger partial charge in [0.2, 0.25) is 0 Å². The van der Waals surface area contributed by atoms with Crippen LogP contribution in [0.1, 0.15) is 44.2 Å². The highest BCUT2D eigenvalue weighted by Crippen LogP contribution is 2.17. The van der Waals surface area contributed by atoms with Gasteiger partial charge >= 0.3 is 0 Å². The van der Waals surface area contributed by atoms with E-state index >= 15 is 0 Å². The molecule has 0 aliphatic rings. The lowest BCUT2D eigenvalue weighted by molar-refractivity contribution is 0.0364. The van der Waals surface area contributed by atoms with Crippen LogP contribution >= 0.6 is 0 Å². The largest absolute Gasteiger partial charge is 0.389 e. The van der Waals surface area contributed by atoms with E-state index in [0.29, 0.717) is 10.8 Å². The molecule has 0 bridgehead atoms. The Morgan fingerprint density at radius 3 is 2.39 bits per heavy atom. The van der Waals surface area contributed by atoms with E-state index in [1.807, 2.05) is 13.8 Å². The SMILES string of the molecule is CC(C)n1nc(C(=O)N(C)CC(C)(C)O)c2ccccc2c1=O. The van der Waals surface area contributed by atoms with Crippen LogP contribution in [0.2, 0.25) is 0 Å². The Kier molecular flexibility index (Phi) is 4.56. The van der Waals surface area contributed by atoms with Gasteiger partial charge in [0.05, 0.1) is 17.0 Å². The Morgan fingerprint density at radius 1 is 1.30 bits per heavy atom. The molecule has 1 aromatic carbocycles. The molecule has 0 fully saturated rings. The van der Waals surface area contributed by atoms with Gasteiger partial charge in [0.1, 0.15) is 0 Å². The van der Waals surface area contributed by atoms with Gasteiger partial charge in [0.25, 0.3) is 11.5 Å². The molecule has 6 heteroatoms. The van der Waals surface area contributed by atoms with Crippen LogP contribution < -0.4 is 5.56 Å². The van der Waals surface area contributed by atoms with E-state index in [9.17, 15) is 14.7 Å². The fourth-order valence-corrected chi connectivity index (χ4v) is 2.55. The fraction of sp³-hybridized carbons (Fsp3) is 0.471. The second kappa shape index (κ2) is 6.12. The molecule has 0 aliphatic carbocycles. The Balaban J connectivity index is 2.62. The first-order valence-corrected chi connectivity index (χ1v) is 7.61. The second-order valence-electron chi connectivity index (χ2n) is 6.71. The highest BCUT2D eigenvalue weighted by atomic mass is 16.3. The normalized spacial score (nSPS) is 12.0. The molecule has 23 heavy (non-hydrogen) atoms. The monoisotopic (exact) mass is 317 g/mol. The summed E-state index contributed by atoms with van der Waals surface area (Å²) in [5.74, 6) is -0.322. The topological polar surface area (TPSA) is 75.4 Å². The molecule has 1 heterocycles. The number of hydrogen-bond acceptors (Lipinski definition) is 4. The molecular formula is C17H23N3O3. The van der Waals surface area contributed by atoms with Crippen molar-refractivity contribution in [1.29, 1.82) is 0 Å². The van der Waals surface area contributed by atoms with Crippen molar-refractivity contribution in [3.05, 3.63) is 40.3 Å². The zero-order chi connectivity index (χ0) is 17.4. The summed E-state index contributed by atoms with van der Waals surface area (Å²) < 4.78 is 1.33. The molecule has 6 nitrogen and oxygen atoms in total. The molecule has 0 radical (unpaired) electrons. The molecule has 0 aliphatic heterocycles. The molecule has 124 valence electrons. The van der Waals surface area contributed by atoms with E-state index in [1.165, 1.54) is 9.58 Å². The summed E-state index contributed by atoms with van der Waals surface area (Å²) in [6.07, 6.45) is 0. The molecule has 0 saturated carbocycles. The molecular weight excluding hydrogens is 294 g/mol. The minimum atomic E-state index is -1.01. The van der Waals surface area contributed by atoms with Crippen molar-refractivity contribution in [1.82, 2.24) is 14.7 Å². The molecule has 0 saturated heterocycles. The van der Waals surface area contributed by atoms with Crippen molar-refractivity contribution in [2.75, 3.05) is 13.6 Å². The Hall–Kier alpha value is -2.21. The van der Waals surface area contributed by atoms with Crippen molar-refractivity contribution < 1.29 is 9.90 Å². The molecule has 2 rings (SSSR count). The number of nitrogens with zero attached hydrogens (tertiary/aromatic N) is 3. The first kappa shape index (κ1) is 17.1. The number of carbonyl (C=O) groups excluding carboxylic acids is 1. The van der Waals surface area contributed by atoms with Gasteiger partial charge in [-0.2, -0.15) is 5.10 Å². The molecule has 0 spiro atoms. The number of amides is 1. The third-order valence-corrected chi connectivity index (χ3v) is 3.49. The second-order valence-corrected chi connectivity index (χ2v) is 6.71. The lowest BCUT2D eigenvalue weighted by Gasteiger charge is -2.26. The Morgan fingerprint density at radius 2 is 1.87 bits per heavy atom. The highest BCUT2D eigenvalue weighted by Gasteiger charge is 2.24. The zero-order valence-electron chi connectivity index (χ0n) is 14.2. The summed E-state index contributed by atoms with van der Waals surface area (Å²) in [6.45, 7) is 7.13. The zero-order valence-corrected chi connectivity index (χ0v) is 14.2. The first-order valence-electron chi connectivity index (χ1n) is 7.61. The summed E-state index contributed by atoms with van der Waals surface area (Å²) in [6, 6.07) is 6.81. The number of likely N-dealkylation sites (N-methyl/N-ethyl adjacent to an activating group) is 1. The summed E-state index contributed by atoms with van der Waals surface area (Å²) in [4.78, 5) is 26.7. The van der Waals surface area contributed by atoms with Crippen LogP contribution in [-0.4, -0.2) is 44.9 Å². The van der Waals surface area contributed by atoms with Gasteiger partial charge in [-0.3, -0.25) is 9.59 Å². The number of carbonyl (C=O) groups is 1. The molecule has 0 atom stereocenters. The van der Waals surface area contributed by atoms with E-state index in [4.69, 9.17) is 0 Å². The number of rotatable bonds is 4. The third kappa shape index (κ3) is 3.59. The third-order valence-electron chi connectivity index (χ3n) is 3.49. The minimum Gasteiger partial charge on any atom is -0.389 e. The number of hydrogen-bond donors (Lipinski definition) is 1. The predicted molar refractivity (Wildman–Crippen MR) is 89.6 cm³/mol. The van der Waals surface area contributed by atoms with Crippen molar-refractivity contribution >= 4 is 16.7 Å². The summed E-state index contributed by atoms with van der Waals surface area (Å²) in [5.41, 5.74) is -0.995. The predicted octanol–water partition coefficient (Wildman–Crippen LogP) is 1.82. The van der Waals surface area contributed by atoms with Crippen LogP contribution in [0.3, 0.4) is 0 Å². The van der Waals surface area contributed by atoms with Crippen LogP contribution in [-0.2, 0) is 0 Å². The van der Waals surface area contributed by atoms with Crippen molar-refractivity contribution in [2.24, 2.45) is 0 Å². The van der Waals surface area contributed by atoms with Gasteiger partial charge in [-0.1, -0.05) is 18.2 Å². The lowest BCUT2D eigenvalue weighted by Crippen LogP contribution is -2.41. The van der Waals surface area contributed by atoms with Gasteiger partial charge in [-0.25, -0.2) is 4.68 Å². The van der Waals surface area contributed by atoms with E-state index < -0.39 is 5.60 Å². The van der Waals surface area contributed by atoms with Gasteiger partial charge in [-0.05, 0) is 33.8 Å². The molecule has 1 amide bonds. The summed E-state index contributed by atoms with van der Waals surface area (Å²) in [5, 5.41) is 15.2. The van der Waals surface area contributed by atoms with Crippen LogP contribution in [0, 0.1) is 0 Å². The summed E-state index contributed by atoms with van der Waals surface area (Å²) in [7, 11) is 1.61. The maximum absolute atomic E-state index is 12.8. The maximum Gasteiger partial charge on any atom is 0.274 e. The lowest BCUT2D eigenvalue weighted by atomic mass is 10.1. The number of aromatic nitrogens is 2. The highest BCUT2D eigenvalue weighted by molar-refractivity contribution is 6.04. The van der Waals surface area contributed by atoms with Crippen LogP contribution in [0.25, 0.3) is 10.8 Å². The molecule has 2 aromatic rings.